The number of hydrogen-bond donors (Lipinski definition) is 0. The molecule has 3 heteroatoms. The molecule has 1 aliphatic rings. The molecule has 86 valence electrons. The second-order valence-corrected chi connectivity index (χ2v) is 4.21. The molecule has 1 rings (SSSR count). The molecule has 0 radical (unpaired) electrons. The van der Waals surface area contributed by atoms with Crippen LogP contribution in [0.4, 0.5) is 0 Å². The lowest BCUT2D eigenvalue weighted by Gasteiger charge is -2.20. The lowest BCUT2D eigenvalue weighted by Crippen LogP contribution is -2.33. The quantitative estimate of drug-likeness (QED) is 0.476. The third kappa shape index (κ3) is 4.98. The Balaban J connectivity index is 2.30. The molecular formula is C12H21NO2. The Labute approximate surface area is 92.1 Å². The monoisotopic (exact) mass is 211 g/mol. The molecule has 0 atom stereocenters. The summed E-state index contributed by atoms with van der Waals surface area (Å²) in [6.45, 7) is 9.58. The summed E-state index contributed by atoms with van der Waals surface area (Å²) < 4.78 is 4.95. The van der Waals surface area contributed by atoms with E-state index in [1.165, 1.54) is 18.4 Å². The number of carbonyl (C=O) groups excluding carboxylic acids is 1. The fourth-order valence-electron chi connectivity index (χ4n) is 1.54. The van der Waals surface area contributed by atoms with Crippen LogP contribution in [0.2, 0.25) is 0 Å². The molecule has 0 heterocycles. The molecular weight excluding hydrogens is 190 g/mol. The van der Waals surface area contributed by atoms with E-state index in [9.17, 15) is 4.79 Å². The smallest absolute Gasteiger partial charge is 0.320 e. The van der Waals surface area contributed by atoms with E-state index in [1.807, 2.05) is 13.8 Å². The number of carbonyl (C=O) groups is 1. The van der Waals surface area contributed by atoms with Gasteiger partial charge in [-0.1, -0.05) is 5.57 Å². The molecule has 0 aromatic carbocycles. The third-order valence-electron chi connectivity index (χ3n) is 2.53. The van der Waals surface area contributed by atoms with Gasteiger partial charge in [0.25, 0.3) is 0 Å². The summed E-state index contributed by atoms with van der Waals surface area (Å²) in [5.41, 5.74) is 1.17. The maximum Gasteiger partial charge on any atom is 0.320 e. The minimum absolute atomic E-state index is 0.105. The van der Waals surface area contributed by atoms with Gasteiger partial charge in [-0.3, -0.25) is 9.69 Å². The second kappa shape index (κ2) is 5.91. The van der Waals surface area contributed by atoms with Crippen LogP contribution in [0.1, 0.15) is 33.1 Å². The van der Waals surface area contributed by atoms with Crippen molar-refractivity contribution < 1.29 is 9.53 Å². The van der Waals surface area contributed by atoms with Crippen molar-refractivity contribution in [1.82, 2.24) is 4.90 Å². The first kappa shape index (κ1) is 12.2. The average molecular weight is 211 g/mol. The molecule has 0 unspecified atom stereocenters. The van der Waals surface area contributed by atoms with Crippen LogP contribution in [-0.2, 0) is 9.53 Å². The van der Waals surface area contributed by atoms with Gasteiger partial charge in [-0.25, -0.2) is 0 Å². The molecule has 0 saturated heterocycles. The van der Waals surface area contributed by atoms with E-state index in [0.717, 1.165) is 13.0 Å². The standard InChI is InChI=1S/C12H21NO2/c1-4-15-12(14)9-13(11-5-6-11)8-7-10(2)3/h11H,2,4-9H2,1,3H3. The van der Waals surface area contributed by atoms with Gasteiger partial charge >= 0.3 is 5.97 Å². The van der Waals surface area contributed by atoms with E-state index in [1.54, 1.807) is 0 Å². The number of rotatable bonds is 7. The molecule has 0 amide bonds. The summed E-state index contributed by atoms with van der Waals surface area (Å²) in [6.07, 6.45) is 3.40. The Morgan fingerprint density at radius 1 is 1.53 bits per heavy atom. The van der Waals surface area contributed by atoms with E-state index < -0.39 is 0 Å². The molecule has 0 aromatic heterocycles. The van der Waals surface area contributed by atoms with E-state index in [-0.39, 0.29) is 5.97 Å². The van der Waals surface area contributed by atoms with Gasteiger partial charge in [-0.2, -0.15) is 0 Å². The van der Waals surface area contributed by atoms with Gasteiger partial charge in [0.05, 0.1) is 13.2 Å². The largest absolute Gasteiger partial charge is 0.465 e. The number of nitrogens with zero attached hydrogens (tertiary/aromatic N) is 1. The van der Waals surface area contributed by atoms with Gasteiger partial charge in [0.1, 0.15) is 0 Å². The van der Waals surface area contributed by atoms with Gasteiger partial charge in [0.15, 0.2) is 0 Å². The Hall–Kier alpha value is -0.830. The molecule has 0 aromatic rings. The highest BCUT2D eigenvalue weighted by Crippen LogP contribution is 2.27. The van der Waals surface area contributed by atoms with Crippen molar-refractivity contribution in [3.8, 4) is 0 Å². The third-order valence-corrected chi connectivity index (χ3v) is 2.53. The highest BCUT2D eigenvalue weighted by atomic mass is 16.5. The Bertz CT molecular complexity index is 234. The summed E-state index contributed by atoms with van der Waals surface area (Å²) in [5.74, 6) is -0.105. The summed E-state index contributed by atoms with van der Waals surface area (Å²) in [7, 11) is 0. The molecule has 0 N–H and O–H groups in total. The van der Waals surface area contributed by atoms with E-state index in [0.29, 0.717) is 19.2 Å². The van der Waals surface area contributed by atoms with Crippen LogP contribution in [-0.4, -0.2) is 36.6 Å². The summed E-state index contributed by atoms with van der Waals surface area (Å²) >= 11 is 0. The first-order valence-electron chi connectivity index (χ1n) is 5.67. The first-order chi connectivity index (χ1) is 7.13. The highest BCUT2D eigenvalue weighted by Gasteiger charge is 2.30. The van der Waals surface area contributed by atoms with Crippen molar-refractivity contribution in [2.45, 2.75) is 39.2 Å². The minimum Gasteiger partial charge on any atom is -0.465 e. The van der Waals surface area contributed by atoms with Crippen molar-refractivity contribution in [1.29, 1.82) is 0 Å². The van der Waals surface area contributed by atoms with Crippen molar-refractivity contribution in [3.05, 3.63) is 12.2 Å². The lowest BCUT2D eigenvalue weighted by atomic mass is 10.2. The maximum absolute atomic E-state index is 11.3. The predicted molar refractivity (Wildman–Crippen MR) is 60.7 cm³/mol. The topological polar surface area (TPSA) is 29.5 Å². The second-order valence-electron chi connectivity index (χ2n) is 4.21. The van der Waals surface area contributed by atoms with Crippen LogP contribution in [0.25, 0.3) is 0 Å². The molecule has 0 bridgehead atoms. The Morgan fingerprint density at radius 2 is 2.20 bits per heavy atom. The highest BCUT2D eigenvalue weighted by molar-refractivity contribution is 5.71. The zero-order chi connectivity index (χ0) is 11.3. The van der Waals surface area contributed by atoms with Crippen LogP contribution in [0.5, 0.6) is 0 Å². The SMILES string of the molecule is C=C(C)CCN(CC(=O)OCC)C1CC1. The maximum atomic E-state index is 11.3. The fraction of sp³-hybridized carbons (Fsp3) is 0.750. The van der Waals surface area contributed by atoms with E-state index in [4.69, 9.17) is 4.74 Å². The minimum atomic E-state index is -0.105. The molecule has 0 aliphatic heterocycles. The molecule has 1 saturated carbocycles. The number of esters is 1. The van der Waals surface area contributed by atoms with Crippen molar-refractivity contribution in [2.24, 2.45) is 0 Å². The van der Waals surface area contributed by atoms with Gasteiger partial charge < -0.3 is 4.74 Å². The molecule has 15 heavy (non-hydrogen) atoms. The zero-order valence-electron chi connectivity index (χ0n) is 9.79. The van der Waals surface area contributed by atoms with Crippen molar-refractivity contribution >= 4 is 5.97 Å². The number of ether oxygens (including phenoxy) is 1. The lowest BCUT2D eigenvalue weighted by molar-refractivity contribution is -0.144. The summed E-state index contributed by atoms with van der Waals surface area (Å²) in [5, 5.41) is 0. The van der Waals surface area contributed by atoms with Crippen LogP contribution < -0.4 is 0 Å². The molecule has 1 fully saturated rings. The first-order valence-corrected chi connectivity index (χ1v) is 5.67. The van der Waals surface area contributed by atoms with E-state index in [2.05, 4.69) is 11.5 Å². The predicted octanol–water partition coefficient (Wildman–Crippen LogP) is 1.98. The summed E-state index contributed by atoms with van der Waals surface area (Å²) in [6, 6.07) is 0.605. The Kier molecular flexibility index (Phi) is 4.82. The van der Waals surface area contributed by atoms with Crippen LogP contribution in [0, 0.1) is 0 Å². The Morgan fingerprint density at radius 3 is 2.67 bits per heavy atom. The fourth-order valence-corrected chi connectivity index (χ4v) is 1.54. The van der Waals surface area contributed by atoms with Crippen molar-refractivity contribution in [3.63, 3.8) is 0 Å². The van der Waals surface area contributed by atoms with Crippen molar-refractivity contribution in [2.75, 3.05) is 19.7 Å². The summed E-state index contributed by atoms with van der Waals surface area (Å²) in [4.78, 5) is 13.6. The van der Waals surface area contributed by atoms with Gasteiger partial charge in [0, 0.05) is 12.6 Å². The molecule has 3 nitrogen and oxygen atoms in total. The molecule has 0 spiro atoms. The number of hydrogen-bond acceptors (Lipinski definition) is 3. The van der Waals surface area contributed by atoms with Crippen LogP contribution >= 0.6 is 0 Å². The van der Waals surface area contributed by atoms with Crippen LogP contribution in [0.15, 0.2) is 12.2 Å². The normalized spacial score (nSPS) is 15.4. The van der Waals surface area contributed by atoms with Gasteiger partial charge in [-0.05, 0) is 33.1 Å². The van der Waals surface area contributed by atoms with Gasteiger partial charge in [-0.15, -0.1) is 6.58 Å². The zero-order valence-corrected chi connectivity index (χ0v) is 9.79. The van der Waals surface area contributed by atoms with E-state index >= 15 is 0 Å². The molecule has 1 aliphatic carbocycles. The average Bonchev–Trinajstić information content (AvgIpc) is 2.95. The van der Waals surface area contributed by atoms with Gasteiger partial charge in [0.2, 0.25) is 0 Å². The van der Waals surface area contributed by atoms with Crippen LogP contribution in [0.3, 0.4) is 0 Å².